The standard InChI is InChI=1S/C20H19N3O/c1-2-23-17-10-6-4-8-15(17)20(19(23)24)18-14(11-12-21-20)13-7-3-5-9-16(13)22-18/h3-10,21-22H,2,11-12H2,1H3/t20-/m1/s1. The molecule has 2 N–H and O–H groups in total. The van der Waals surface area contributed by atoms with Crippen LogP contribution in [0.3, 0.4) is 0 Å². The summed E-state index contributed by atoms with van der Waals surface area (Å²) in [4.78, 5) is 18.9. The average molecular weight is 317 g/mol. The molecule has 0 saturated heterocycles. The summed E-state index contributed by atoms with van der Waals surface area (Å²) in [5.74, 6) is 0.124. The maximum absolute atomic E-state index is 13.5. The molecule has 0 saturated carbocycles. The molecule has 1 spiro atoms. The number of aromatic amines is 1. The first-order valence-electron chi connectivity index (χ1n) is 8.54. The summed E-state index contributed by atoms with van der Waals surface area (Å²) in [6.45, 7) is 3.50. The average Bonchev–Trinajstić information content (AvgIpc) is 3.11. The van der Waals surface area contributed by atoms with Gasteiger partial charge in [0.05, 0.1) is 5.69 Å². The minimum absolute atomic E-state index is 0.124. The Bertz CT molecular complexity index is 974. The maximum atomic E-state index is 13.5. The number of anilines is 1. The SMILES string of the molecule is CCN1C(=O)[C@@]2(NCCc3c2[nH]c2ccccc32)c2ccccc21. The van der Waals surface area contributed by atoms with Crippen LogP contribution in [0.2, 0.25) is 0 Å². The molecule has 3 heterocycles. The number of hydrogen-bond acceptors (Lipinski definition) is 2. The molecule has 2 aliphatic heterocycles. The number of hydrogen-bond donors (Lipinski definition) is 2. The van der Waals surface area contributed by atoms with Crippen LogP contribution in [-0.4, -0.2) is 24.0 Å². The summed E-state index contributed by atoms with van der Waals surface area (Å²) in [5.41, 5.74) is 4.69. The molecule has 3 aromatic rings. The van der Waals surface area contributed by atoms with Gasteiger partial charge in [0, 0.05) is 35.2 Å². The Morgan fingerprint density at radius 2 is 1.92 bits per heavy atom. The van der Waals surface area contributed by atoms with Crippen LogP contribution in [0.25, 0.3) is 10.9 Å². The van der Waals surface area contributed by atoms with Gasteiger partial charge in [-0.05, 0) is 31.0 Å². The number of carbonyl (C=O) groups is 1. The molecule has 2 aromatic carbocycles. The number of H-pyrrole nitrogens is 1. The van der Waals surface area contributed by atoms with Gasteiger partial charge in [0.1, 0.15) is 0 Å². The molecule has 0 aliphatic carbocycles. The monoisotopic (exact) mass is 317 g/mol. The zero-order valence-corrected chi connectivity index (χ0v) is 13.6. The van der Waals surface area contributed by atoms with E-state index < -0.39 is 5.54 Å². The Kier molecular flexibility index (Phi) is 2.71. The summed E-state index contributed by atoms with van der Waals surface area (Å²) in [7, 11) is 0. The highest BCUT2D eigenvalue weighted by atomic mass is 16.2. The zero-order valence-electron chi connectivity index (χ0n) is 13.6. The summed E-state index contributed by atoms with van der Waals surface area (Å²) < 4.78 is 0. The summed E-state index contributed by atoms with van der Waals surface area (Å²) >= 11 is 0. The molecule has 2 aliphatic rings. The molecule has 1 aromatic heterocycles. The van der Waals surface area contributed by atoms with Gasteiger partial charge in [-0.1, -0.05) is 36.4 Å². The first kappa shape index (κ1) is 13.8. The third-order valence-electron chi connectivity index (χ3n) is 5.43. The van der Waals surface area contributed by atoms with E-state index in [1.165, 1.54) is 10.9 Å². The molecule has 0 bridgehead atoms. The molecule has 4 nitrogen and oxygen atoms in total. The quantitative estimate of drug-likeness (QED) is 0.725. The number of nitrogens with zero attached hydrogens (tertiary/aromatic N) is 1. The molecule has 0 radical (unpaired) electrons. The van der Waals surface area contributed by atoms with E-state index in [-0.39, 0.29) is 5.91 Å². The van der Waals surface area contributed by atoms with Crippen LogP contribution in [0.5, 0.6) is 0 Å². The molecule has 0 unspecified atom stereocenters. The van der Waals surface area contributed by atoms with Crippen LogP contribution >= 0.6 is 0 Å². The Morgan fingerprint density at radius 1 is 1.12 bits per heavy atom. The number of likely N-dealkylation sites (N-methyl/N-ethyl adjacent to an activating group) is 1. The van der Waals surface area contributed by atoms with E-state index in [9.17, 15) is 4.79 Å². The Labute approximate surface area is 140 Å². The molecular formula is C20H19N3O. The van der Waals surface area contributed by atoms with Crippen LogP contribution < -0.4 is 10.2 Å². The predicted molar refractivity (Wildman–Crippen MR) is 95.3 cm³/mol. The van der Waals surface area contributed by atoms with Gasteiger partial charge < -0.3 is 9.88 Å². The summed E-state index contributed by atoms with van der Waals surface area (Å²) in [5, 5.41) is 4.79. The second-order valence-electron chi connectivity index (χ2n) is 6.52. The topological polar surface area (TPSA) is 48.1 Å². The number of para-hydroxylation sites is 2. The van der Waals surface area contributed by atoms with Gasteiger partial charge in [0.15, 0.2) is 5.54 Å². The Hall–Kier alpha value is -2.59. The van der Waals surface area contributed by atoms with E-state index in [1.807, 2.05) is 36.1 Å². The highest BCUT2D eigenvalue weighted by Crippen LogP contribution is 2.47. The van der Waals surface area contributed by atoms with Gasteiger partial charge in [-0.15, -0.1) is 0 Å². The molecule has 4 heteroatoms. The van der Waals surface area contributed by atoms with E-state index >= 15 is 0 Å². The fourth-order valence-corrected chi connectivity index (χ4v) is 4.42. The lowest BCUT2D eigenvalue weighted by molar-refractivity contribution is -0.123. The maximum Gasteiger partial charge on any atom is 0.258 e. The second-order valence-corrected chi connectivity index (χ2v) is 6.52. The van der Waals surface area contributed by atoms with Gasteiger partial charge in [0.2, 0.25) is 0 Å². The van der Waals surface area contributed by atoms with Crippen molar-refractivity contribution in [2.24, 2.45) is 0 Å². The van der Waals surface area contributed by atoms with E-state index in [0.717, 1.165) is 35.4 Å². The molecule has 24 heavy (non-hydrogen) atoms. The van der Waals surface area contributed by atoms with Gasteiger partial charge in [-0.25, -0.2) is 0 Å². The Balaban J connectivity index is 1.86. The van der Waals surface area contributed by atoms with E-state index in [2.05, 4.69) is 34.6 Å². The van der Waals surface area contributed by atoms with Crippen molar-refractivity contribution in [2.45, 2.75) is 18.9 Å². The Morgan fingerprint density at radius 3 is 2.79 bits per heavy atom. The van der Waals surface area contributed by atoms with Crippen molar-refractivity contribution in [1.29, 1.82) is 0 Å². The number of rotatable bonds is 1. The molecular weight excluding hydrogens is 298 g/mol. The minimum atomic E-state index is -0.779. The van der Waals surface area contributed by atoms with Crippen molar-refractivity contribution < 1.29 is 4.79 Å². The van der Waals surface area contributed by atoms with Gasteiger partial charge in [-0.2, -0.15) is 0 Å². The van der Waals surface area contributed by atoms with E-state index in [1.54, 1.807) is 0 Å². The van der Waals surface area contributed by atoms with Crippen molar-refractivity contribution in [2.75, 3.05) is 18.0 Å². The lowest BCUT2D eigenvalue weighted by Gasteiger charge is -2.34. The molecule has 5 rings (SSSR count). The van der Waals surface area contributed by atoms with Crippen molar-refractivity contribution in [1.82, 2.24) is 10.3 Å². The van der Waals surface area contributed by atoms with Gasteiger partial charge in [-0.3, -0.25) is 10.1 Å². The van der Waals surface area contributed by atoms with Crippen LogP contribution in [0.15, 0.2) is 48.5 Å². The van der Waals surface area contributed by atoms with Crippen molar-refractivity contribution in [3.63, 3.8) is 0 Å². The lowest BCUT2D eigenvalue weighted by Crippen LogP contribution is -2.55. The van der Waals surface area contributed by atoms with Crippen LogP contribution in [0.1, 0.15) is 23.7 Å². The number of benzene rings is 2. The molecule has 1 atom stereocenters. The first-order valence-corrected chi connectivity index (χ1v) is 8.54. The fraction of sp³-hybridized carbons (Fsp3) is 0.250. The van der Waals surface area contributed by atoms with Gasteiger partial charge >= 0.3 is 0 Å². The fourth-order valence-electron chi connectivity index (χ4n) is 4.42. The highest BCUT2D eigenvalue weighted by molar-refractivity contribution is 6.11. The highest BCUT2D eigenvalue weighted by Gasteiger charge is 2.54. The number of carbonyl (C=O) groups excluding carboxylic acids is 1. The number of aromatic nitrogens is 1. The largest absolute Gasteiger partial charge is 0.356 e. The van der Waals surface area contributed by atoms with E-state index in [0.29, 0.717) is 6.54 Å². The van der Waals surface area contributed by atoms with Gasteiger partial charge in [0.25, 0.3) is 5.91 Å². The number of nitrogens with one attached hydrogen (secondary N) is 2. The first-order chi connectivity index (χ1) is 11.8. The second kappa shape index (κ2) is 4.71. The predicted octanol–water partition coefficient (Wildman–Crippen LogP) is 2.92. The van der Waals surface area contributed by atoms with Crippen molar-refractivity contribution in [3.05, 3.63) is 65.4 Å². The minimum Gasteiger partial charge on any atom is -0.356 e. The summed E-state index contributed by atoms with van der Waals surface area (Å²) in [6.07, 6.45) is 0.933. The third-order valence-corrected chi connectivity index (χ3v) is 5.43. The number of amides is 1. The smallest absolute Gasteiger partial charge is 0.258 e. The van der Waals surface area contributed by atoms with Crippen LogP contribution in [0, 0.1) is 0 Å². The number of fused-ring (bicyclic) bond motifs is 6. The van der Waals surface area contributed by atoms with Crippen LogP contribution in [0.4, 0.5) is 5.69 Å². The molecule has 1 amide bonds. The molecule has 120 valence electrons. The van der Waals surface area contributed by atoms with Crippen molar-refractivity contribution in [3.8, 4) is 0 Å². The zero-order chi connectivity index (χ0) is 16.3. The van der Waals surface area contributed by atoms with Crippen molar-refractivity contribution >= 4 is 22.5 Å². The third kappa shape index (κ3) is 1.49. The molecule has 0 fully saturated rings. The van der Waals surface area contributed by atoms with E-state index in [4.69, 9.17) is 0 Å². The normalized spacial score (nSPS) is 22.2. The summed E-state index contributed by atoms with van der Waals surface area (Å²) in [6, 6.07) is 16.5. The lowest BCUT2D eigenvalue weighted by atomic mass is 9.82. The van der Waals surface area contributed by atoms with Crippen LogP contribution in [-0.2, 0) is 16.8 Å².